The summed E-state index contributed by atoms with van der Waals surface area (Å²) in [5.74, 6) is 0.957. The van der Waals surface area contributed by atoms with E-state index < -0.39 is 0 Å². The van der Waals surface area contributed by atoms with Gasteiger partial charge >= 0.3 is 0 Å². The van der Waals surface area contributed by atoms with Crippen LogP contribution in [-0.4, -0.2) is 44.0 Å². The maximum atomic E-state index is 13.6. The second-order valence-electron chi connectivity index (χ2n) is 7.80. The standard InChI is InChI=1S/C23H25N5OS/c29-22(27-15-9-1-2-10-16-27)20-19(17-11-5-3-6-12-17)26-28-21(24-25-23(28)30-20)18-13-7-4-8-14-18/h3-8,11-14,19-20,26H,1-2,9-10,15-16H2/t19-,20-/m0/s1. The van der Waals surface area contributed by atoms with E-state index in [4.69, 9.17) is 0 Å². The van der Waals surface area contributed by atoms with Gasteiger partial charge < -0.3 is 10.3 Å². The summed E-state index contributed by atoms with van der Waals surface area (Å²) in [5, 5.41) is 9.28. The largest absolute Gasteiger partial charge is 0.342 e. The number of nitrogens with one attached hydrogen (secondary N) is 1. The lowest BCUT2D eigenvalue weighted by Crippen LogP contribution is -2.46. The zero-order chi connectivity index (χ0) is 20.3. The monoisotopic (exact) mass is 419 g/mol. The Morgan fingerprint density at radius 2 is 1.57 bits per heavy atom. The van der Waals surface area contributed by atoms with E-state index in [1.54, 1.807) is 0 Å². The molecular weight excluding hydrogens is 394 g/mol. The number of rotatable bonds is 3. The third-order valence-corrected chi connectivity index (χ3v) is 6.99. The average molecular weight is 420 g/mol. The fraction of sp³-hybridized carbons (Fsp3) is 0.348. The molecule has 1 fully saturated rings. The number of amides is 1. The molecule has 30 heavy (non-hydrogen) atoms. The number of carbonyl (C=O) groups excluding carboxylic acids is 1. The van der Waals surface area contributed by atoms with Gasteiger partial charge in [0.1, 0.15) is 5.25 Å². The topological polar surface area (TPSA) is 63.1 Å². The molecular formula is C23H25N5OS. The van der Waals surface area contributed by atoms with Crippen LogP contribution in [0.5, 0.6) is 0 Å². The number of benzene rings is 2. The third-order valence-electron chi connectivity index (χ3n) is 5.79. The second kappa shape index (κ2) is 8.52. The molecule has 1 N–H and O–H groups in total. The maximum absolute atomic E-state index is 13.6. The highest BCUT2D eigenvalue weighted by Crippen LogP contribution is 2.39. The van der Waals surface area contributed by atoms with Crippen molar-refractivity contribution >= 4 is 17.7 Å². The summed E-state index contributed by atoms with van der Waals surface area (Å²) >= 11 is 1.52. The molecule has 3 aromatic rings. The van der Waals surface area contributed by atoms with Gasteiger partial charge in [-0.3, -0.25) is 4.79 Å². The van der Waals surface area contributed by atoms with Gasteiger partial charge in [-0.05, 0) is 18.4 Å². The van der Waals surface area contributed by atoms with Crippen molar-refractivity contribution in [3.05, 3.63) is 66.2 Å². The molecule has 1 saturated heterocycles. The SMILES string of the molecule is O=C([C@H]1Sc2nnc(-c3ccccc3)n2N[C@H]1c1ccccc1)N1CCCCCC1. The fourth-order valence-corrected chi connectivity index (χ4v) is 5.36. The Kier molecular flexibility index (Phi) is 5.45. The van der Waals surface area contributed by atoms with Crippen molar-refractivity contribution in [2.24, 2.45) is 0 Å². The molecule has 1 aromatic heterocycles. The lowest BCUT2D eigenvalue weighted by molar-refractivity contribution is -0.131. The summed E-state index contributed by atoms with van der Waals surface area (Å²) in [4.78, 5) is 15.6. The first kappa shape index (κ1) is 19.2. The van der Waals surface area contributed by atoms with Gasteiger partial charge in [-0.25, -0.2) is 4.68 Å². The Morgan fingerprint density at radius 3 is 2.27 bits per heavy atom. The number of carbonyl (C=O) groups is 1. The van der Waals surface area contributed by atoms with Crippen LogP contribution in [-0.2, 0) is 4.79 Å². The Hall–Kier alpha value is -2.80. The molecule has 7 heteroatoms. The maximum Gasteiger partial charge on any atom is 0.238 e. The highest BCUT2D eigenvalue weighted by Gasteiger charge is 2.39. The summed E-state index contributed by atoms with van der Waals surface area (Å²) in [6.07, 6.45) is 4.58. The van der Waals surface area contributed by atoms with Gasteiger partial charge in [0.05, 0.1) is 6.04 Å². The second-order valence-corrected chi connectivity index (χ2v) is 8.91. The summed E-state index contributed by atoms with van der Waals surface area (Å²) in [6.45, 7) is 1.69. The number of hydrogen-bond acceptors (Lipinski definition) is 5. The molecule has 0 unspecified atom stereocenters. The predicted molar refractivity (Wildman–Crippen MR) is 119 cm³/mol. The Bertz CT molecular complexity index is 999. The van der Waals surface area contributed by atoms with E-state index in [9.17, 15) is 4.79 Å². The zero-order valence-electron chi connectivity index (χ0n) is 16.8. The minimum Gasteiger partial charge on any atom is -0.342 e. The van der Waals surface area contributed by atoms with Gasteiger partial charge in [-0.15, -0.1) is 10.2 Å². The van der Waals surface area contributed by atoms with Crippen LogP contribution in [0, 0.1) is 0 Å². The van der Waals surface area contributed by atoms with E-state index in [1.165, 1.54) is 24.6 Å². The molecule has 3 heterocycles. The first-order valence-corrected chi connectivity index (χ1v) is 11.5. The van der Waals surface area contributed by atoms with Crippen molar-refractivity contribution in [1.82, 2.24) is 19.8 Å². The van der Waals surface area contributed by atoms with Crippen LogP contribution in [0.2, 0.25) is 0 Å². The molecule has 5 rings (SSSR count). The van der Waals surface area contributed by atoms with Crippen LogP contribution < -0.4 is 5.43 Å². The minimum atomic E-state index is -0.272. The summed E-state index contributed by atoms with van der Waals surface area (Å²) in [5.41, 5.74) is 5.66. The number of likely N-dealkylation sites (tertiary alicyclic amines) is 1. The zero-order valence-corrected chi connectivity index (χ0v) is 17.6. The summed E-state index contributed by atoms with van der Waals surface area (Å²) in [7, 11) is 0. The fourth-order valence-electron chi connectivity index (χ4n) is 4.20. The van der Waals surface area contributed by atoms with Crippen LogP contribution in [0.15, 0.2) is 65.8 Å². The lowest BCUT2D eigenvalue weighted by Gasteiger charge is -2.35. The highest BCUT2D eigenvalue weighted by molar-refractivity contribution is 8.00. The quantitative estimate of drug-likeness (QED) is 0.692. The van der Waals surface area contributed by atoms with Gasteiger partial charge in [0.25, 0.3) is 0 Å². The molecule has 6 nitrogen and oxygen atoms in total. The smallest absolute Gasteiger partial charge is 0.238 e. The van der Waals surface area contributed by atoms with Crippen LogP contribution in [0.1, 0.15) is 37.3 Å². The normalized spacial score (nSPS) is 21.4. The Labute approximate surface area is 180 Å². The minimum absolute atomic E-state index is 0.155. The van der Waals surface area contributed by atoms with Crippen LogP contribution in [0.3, 0.4) is 0 Å². The molecule has 2 aromatic carbocycles. The highest BCUT2D eigenvalue weighted by atomic mass is 32.2. The molecule has 1 amide bonds. The summed E-state index contributed by atoms with van der Waals surface area (Å²) in [6, 6.07) is 20.1. The van der Waals surface area contributed by atoms with Crippen molar-refractivity contribution in [3.8, 4) is 11.4 Å². The molecule has 2 aliphatic heterocycles. The molecule has 0 aliphatic carbocycles. The predicted octanol–water partition coefficient (Wildman–Crippen LogP) is 4.11. The summed E-state index contributed by atoms with van der Waals surface area (Å²) < 4.78 is 1.93. The molecule has 0 spiro atoms. The molecule has 0 radical (unpaired) electrons. The Balaban J connectivity index is 1.51. The van der Waals surface area contributed by atoms with Crippen molar-refractivity contribution in [2.45, 2.75) is 42.1 Å². The van der Waals surface area contributed by atoms with E-state index in [2.05, 4.69) is 27.8 Å². The number of hydrogen-bond donors (Lipinski definition) is 1. The number of fused-ring (bicyclic) bond motifs is 1. The van der Waals surface area contributed by atoms with Crippen molar-refractivity contribution in [1.29, 1.82) is 0 Å². The third kappa shape index (κ3) is 3.69. The van der Waals surface area contributed by atoms with E-state index in [0.29, 0.717) is 0 Å². The molecule has 0 bridgehead atoms. The van der Waals surface area contributed by atoms with Crippen molar-refractivity contribution < 1.29 is 4.79 Å². The van der Waals surface area contributed by atoms with Gasteiger partial charge in [-0.1, -0.05) is 85.3 Å². The molecule has 154 valence electrons. The van der Waals surface area contributed by atoms with E-state index in [0.717, 1.165) is 48.0 Å². The first-order chi connectivity index (χ1) is 14.8. The number of aromatic nitrogens is 3. The van der Waals surface area contributed by atoms with Gasteiger partial charge in [0, 0.05) is 18.7 Å². The molecule has 2 atom stereocenters. The van der Waals surface area contributed by atoms with E-state index >= 15 is 0 Å². The number of nitrogens with zero attached hydrogens (tertiary/aromatic N) is 4. The van der Waals surface area contributed by atoms with E-state index in [-0.39, 0.29) is 17.2 Å². The van der Waals surface area contributed by atoms with Gasteiger partial charge in [0.15, 0.2) is 5.82 Å². The van der Waals surface area contributed by atoms with Gasteiger partial charge in [0.2, 0.25) is 11.1 Å². The van der Waals surface area contributed by atoms with Gasteiger partial charge in [-0.2, -0.15) is 0 Å². The van der Waals surface area contributed by atoms with Crippen LogP contribution in [0.4, 0.5) is 0 Å². The van der Waals surface area contributed by atoms with E-state index in [1.807, 2.05) is 58.1 Å². The average Bonchev–Trinajstić information content (AvgIpc) is 3.02. The first-order valence-electron chi connectivity index (χ1n) is 10.6. The number of thioether (sulfide) groups is 1. The van der Waals surface area contributed by atoms with Crippen LogP contribution in [0.25, 0.3) is 11.4 Å². The Morgan fingerprint density at radius 1 is 0.900 bits per heavy atom. The van der Waals surface area contributed by atoms with Crippen molar-refractivity contribution in [3.63, 3.8) is 0 Å². The molecule has 2 aliphatic rings. The lowest BCUT2D eigenvalue weighted by atomic mass is 10.0. The van der Waals surface area contributed by atoms with Crippen LogP contribution >= 0.6 is 11.8 Å². The van der Waals surface area contributed by atoms with Crippen molar-refractivity contribution in [2.75, 3.05) is 18.5 Å². The molecule has 0 saturated carbocycles.